The third-order valence-corrected chi connectivity index (χ3v) is 2.51. The first-order valence-electron chi connectivity index (χ1n) is 5.01. The molecule has 1 saturated heterocycles. The van der Waals surface area contributed by atoms with Gasteiger partial charge in [-0.2, -0.15) is 0 Å². The minimum atomic E-state index is -0.803. The molecule has 4 heteroatoms. The van der Waals surface area contributed by atoms with E-state index in [0.29, 0.717) is 19.2 Å². The first-order chi connectivity index (χ1) is 7.25. The minimum absolute atomic E-state index is 0.332. The molecule has 0 bridgehead atoms. The van der Waals surface area contributed by atoms with Gasteiger partial charge in [0.2, 0.25) is 0 Å². The van der Waals surface area contributed by atoms with Gasteiger partial charge in [0.1, 0.15) is 0 Å². The molecule has 1 aliphatic rings. The molecule has 1 atom stereocenters. The number of ether oxygens (including phenoxy) is 1. The van der Waals surface area contributed by atoms with E-state index in [0.717, 1.165) is 24.7 Å². The van der Waals surface area contributed by atoms with Gasteiger partial charge in [0.15, 0.2) is 11.6 Å². The van der Waals surface area contributed by atoms with Crippen molar-refractivity contribution < 1.29 is 13.5 Å². The first kappa shape index (κ1) is 10.5. The number of hydrogen-bond donors (Lipinski definition) is 1. The van der Waals surface area contributed by atoms with Gasteiger partial charge < -0.3 is 10.1 Å². The molecule has 1 aromatic carbocycles. The molecule has 2 rings (SSSR count). The van der Waals surface area contributed by atoms with E-state index in [-0.39, 0.29) is 0 Å². The Hall–Kier alpha value is -1.00. The zero-order valence-corrected chi connectivity index (χ0v) is 8.30. The summed E-state index contributed by atoms with van der Waals surface area (Å²) in [7, 11) is 0. The van der Waals surface area contributed by atoms with Crippen molar-refractivity contribution in [3.05, 3.63) is 35.4 Å². The van der Waals surface area contributed by atoms with Crippen LogP contribution < -0.4 is 5.32 Å². The summed E-state index contributed by atoms with van der Waals surface area (Å²) < 4.78 is 30.7. The Morgan fingerprint density at radius 1 is 1.33 bits per heavy atom. The van der Waals surface area contributed by atoms with Crippen molar-refractivity contribution in [3.8, 4) is 0 Å². The quantitative estimate of drug-likeness (QED) is 0.827. The van der Waals surface area contributed by atoms with E-state index in [1.807, 2.05) is 0 Å². The first-order valence-corrected chi connectivity index (χ1v) is 5.01. The summed E-state index contributed by atoms with van der Waals surface area (Å²) in [5.41, 5.74) is 0.751. The maximum absolute atomic E-state index is 12.9. The van der Waals surface area contributed by atoms with E-state index in [1.165, 1.54) is 6.07 Å². The van der Waals surface area contributed by atoms with Crippen LogP contribution in [-0.4, -0.2) is 19.3 Å². The predicted molar refractivity (Wildman–Crippen MR) is 52.4 cm³/mol. The van der Waals surface area contributed by atoms with Crippen molar-refractivity contribution in [1.82, 2.24) is 5.32 Å². The van der Waals surface area contributed by atoms with Crippen LogP contribution in [0.1, 0.15) is 12.0 Å². The molecule has 1 aromatic rings. The molecule has 0 aliphatic carbocycles. The highest BCUT2D eigenvalue weighted by Crippen LogP contribution is 2.10. The van der Waals surface area contributed by atoms with Gasteiger partial charge in [-0.25, -0.2) is 8.78 Å². The Bertz CT molecular complexity index is 337. The molecular formula is C11H13F2NO. The highest BCUT2D eigenvalue weighted by atomic mass is 19.2. The highest BCUT2D eigenvalue weighted by Gasteiger charge is 2.14. The van der Waals surface area contributed by atoms with Crippen LogP contribution in [0.15, 0.2) is 18.2 Å². The highest BCUT2D eigenvalue weighted by molar-refractivity contribution is 5.17. The van der Waals surface area contributed by atoms with Crippen molar-refractivity contribution in [1.29, 1.82) is 0 Å². The van der Waals surface area contributed by atoms with E-state index in [1.54, 1.807) is 6.07 Å². The number of nitrogens with one attached hydrogen (secondary N) is 1. The van der Waals surface area contributed by atoms with E-state index < -0.39 is 11.6 Å². The molecule has 82 valence electrons. The number of rotatable bonds is 3. The minimum Gasteiger partial charge on any atom is -0.380 e. The molecule has 1 aliphatic heterocycles. The maximum atomic E-state index is 12.9. The van der Waals surface area contributed by atoms with Gasteiger partial charge in [-0.15, -0.1) is 0 Å². The maximum Gasteiger partial charge on any atom is 0.159 e. The second-order valence-electron chi connectivity index (χ2n) is 3.69. The fraction of sp³-hybridized carbons (Fsp3) is 0.455. The van der Waals surface area contributed by atoms with Crippen LogP contribution in [-0.2, 0) is 11.3 Å². The summed E-state index contributed by atoms with van der Waals surface area (Å²) in [6.45, 7) is 2.02. The smallest absolute Gasteiger partial charge is 0.159 e. The third-order valence-electron chi connectivity index (χ3n) is 2.51. The van der Waals surface area contributed by atoms with E-state index in [4.69, 9.17) is 4.74 Å². The van der Waals surface area contributed by atoms with Crippen LogP contribution in [0.3, 0.4) is 0 Å². The van der Waals surface area contributed by atoms with Gasteiger partial charge in [-0.1, -0.05) is 6.07 Å². The molecule has 15 heavy (non-hydrogen) atoms. The molecular weight excluding hydrogens is 200 g/mol. The van der Waals surface area contributed by atoms with E-state index >= 15 is 0 Å². The number of hydrogen-bond acceptors (Lipinski definition) is 2. The van der Waals surface area contributed by atoms with Gasteiger partial charge in [0.25, 0.3) is 0 Å². The summed E-state index contributed by atoms with van der Waals surface area (Å²) >= 11 is 0. The van der Waals surface area contributed by atoms with Gasteiger partial charge in [-0.05, 0) is 24.1 Å². The van der Waals surface area contributed by atoms with Crippen molar-refractivity contribution in [3.63, 3.8) is 0 Å². The lowest BCUT2D eigenvalue weighted by Crippen LogP contribution is -2.28. The largest absolute Gasteiger partial charge is 0.380 e. The SMILES string of the molecule is Fc1ccc(CNC2CCOC2)cc1F. The Morgan fingerprint density at radius 3 is 2.87 bits per heavy atom. The zero-order valence-electron chi connectivity index (χ0n) is 8.30. The van der Waals surface area contributed by atoms with Crippen molar-refractivity contribution >= 4 is 0 Å². The summed E-state index contributed by atoms with van der Waals surface area (Å²) in [4.78, 5) is 0. The Labute approximate surface area is 87.2 Å². The standard InChI is InChI=1S/C11H13F2NO/c12-10-2-1-8(5-11(10)13)6-14-9-3-4-15-7-9/h1-2,5,9,14H,3-4,6-7H2. The molecule has 1 unspecified atom stereocenters. The van der Waals surface area contributed by atoms with Gasteiger partial charge in [0, 0.05) is 19.2 Å². The topological polar surface area (TPSA) is 21.3 Å². The normalized spacial score (nSPS) is 20.8. The summed E-state index contributed by atoms with van der Waals surface area (Å²) in [5, 5.41) is 3.23. The van der Waals surface area contributed by atoms with E-state index in [9.17, 15) is 8.78 Å². The van der Waals surface area contributed by atoms with Gasteiger partial charge in [-0.3, -0.25) is 0 Å². The van der Waals surface area contributed by atoms with E-state index in [2.05, 4.69) is 5.32 Å². The monoisotopic (exact) mass is 213 g/mol. The molecule has 0 saturated carbocycles. The lowest BCUT2D eigenvalue weighted by molar-refractivity contribution is 0.190. The Balaban J connectivity index is 1.90. The van der Waals surface area contributed by atoms with Crippen LogP contribution >= 0.6 is 0 Å². The molecule has 1 fully saturated rings. The molecule has 1 heterocycles. The van der Waals surface area contributed by atoms with Crippen molar-refractivity contribution in [2.75, 3.05) is 13.2 Å². The second kappa shape index (κ2) is 4.68. The summed E-state index contributed by atoms with van der Waals surface area (Å²) in [5.74, 6) is -1.60. The molecule has 2 nitrogen and oxygen atoms in total. The number of halogens is 2. The third kappa shape index (κ3) is 2.73. The lowest BCUT2D eigenvalue weighted by atomic mass is 10.2. The van der Waals surface area contributed by atoms with Crippen LogP contribution in [0.2, 0.25) is 0 Å². The van der Waals surface area contributed by atoms with Crippen LogP contribution in [0.4, 0.5) is 8.78 Å². The Kier molecular flexibility index (Phi) is 3.28. The summed E-state index contributed by atoms with van der Waals surface area (Å²) in [6.07, 6.45) is 0.976. The Morgan fingerprint density at radius 2 is 2.20 bits per heavy atom. The zero-order chi connectivity index (χ0) is 10.7. The number of benzene rings is 1. The summed E-state index contributed by atoms with van der Waals surface area (Å²) in [6, 6.07) is 4.29. The van der Waals surface area contributed by atoms with Crippen molar-refractivity contribution in [2.24, 2.45) is 0 Å². The van der Waals surface area contributed by atoms with Crippen molar-refractivity contribution in [2.45, 2.75) is 19.0 Å². The van der Waals surface area contributed by atoms with Crippen LogP contribution in [0.5, 0.6) is 0 Å². The van der Waals surface area contributed by atoms with Crippen LogP contribution in [0.25, 0.3) is 0 Å². The van der Waals surface area contributed by atoms with Gasteiger partial charge in [0.05, 0.1) is 6.61 Å². The molecule has 0 aromatic heterocycles. The fourth-order valence-electron chi connectivity index (χ4n) is 1.61. The molecule has 0 spiro atoms. The van der Waals surface area contributed by atoms with Gasteiger partial charge >= 0.3 is 0 Å². The molecule has 0 radical (unpaired) electrons. The lowest BCUT2D eigenvalue weighted by Gasteiger charge is -2.10. The molecule has 1 N–H and O–H groups in total. The predicted octanol–water partition coefficient (Wildman–Crippen LogP) is 1.84. The fourth-order valence-corrected chi connectivity index (χ4v) is 1.61. The van der Waals surface area contributed by atoms with Crippen LogP contribution in [0, 0.1) is 11.6 Å². The molecule has 0 amide bonds. The second-order valence-corrected chi connectivity index (χ2v) is 3.69. The average molecular weight is 213 g/mol. The average Bonchev–Trinajstić information content (AvgIpc) is 2.73.